The van der Waals surface area contributed by atoms with E-state index in [0.717, 1.165) is 24.6 Å². The summed E-state index contributed by atoms with van der Waals surface area (Å²) in [5.41, 5.74) is 0. The fourth-order valence-corrected chi connectivity index (χ4v) is 3.84. The number of hydrogen-bond acceptors (Lipinski definition) is 3. The zero-order chi connectivity index (χ0) is 11.9. The molecule has 0 unspecified atom stereocenters. The summed E-state index contributed by atoms with van der Waals surface area (Å²) in [5, 5.41) is 0.899. The third-order valence-electron chi connectivity index (χ3n) is 2.72. The summed E-state index contributed by atoms with van der Waals surface area (Å²) in [4.78, 5) is 0. The molecule has 0 amide bonds. The van der Waals surface area contributed by atoms with Gasteiger partial charge in [0, 0.05) is 5.31 Å². The van der Waals surface area contributed by atoms with Crippen LogP contribution in [0.5, 0.6) is 0 Å². The minimum absolute atomic E-state index is 0.439. The Kier molecular flexibility index (Phi) is 6.33. The van der Waals surface area contributed by atoms with Gasteiger partial charge in [0.1, 0.15) is 0 Å². The van der Waals surface area contributed by atoms with E-state index in [1.807, 2.05) is 13.8 Å². The molecule has 0 heterocycles. The SMILES string of the molecule is CCOP(=O)(OCC)/C1=C/CCCCCC1. The fourth-order valence-electron chi connectivity index (χ4n) is 1.97. The van der Waals surface area contributed by atoms with E-state index in [9.17, 15) is 4.57 Å². The van der Waals surface area contributed by atoms with Gasteiger partial charge in [0.15, 0.2) is 0 Å². The molecule has 0 fully saturated rings. The third-order valence-corrected chi connectivity index (χ3v) is 5.02. The first-order valence-corrected chi connectivity index (χ1v) is 7.86. The molecule has 0 spiro atoms. The van der Waals surface area contributed by atoms with Crippen molar-refractivity contribution in [2.75, 3.05) is 13.2 Å². The van der Waals surface area contributed by atoms with Crippen molar-refractivity contribution in [3.63, 3.8) is 0 Å². The molecule has 0 aromatic rings. The summed E-state index contributed by atoms with van der Waals surface area (Å²) in [6.07, 6.45) is 8.70. The van der Waals surface area contributed by atoms with Crippen molar-refractivity contribution in [3.8, 4) is 0 Å². The maximum Gasteiger partial charge on any atom is 0.356 e. The highest BCUT2D eigenvalue weighted by atomic mass is 31.2. The molecule has 0 atom stereocenters. The largest absolute Gasteiger partial charge is 0.356 e. The number of rotatable bonds is 5. The summed E-state index contributed by atoms with van der Waals surface area (Å²) in [7, 11) is -2.98. The van der Waals surface area contributed by atoms with Crippen LogP contribution in [-0.2, 0) is 13.6 Å². The molecule has 16 heavy (non-hydrogen) atoms. The Balaban J connectivity index is 2.77. The lowest BCUT2D eigenvalue weighted by Gasteiger charge is -2.21. The predicted molar refractivity (Wildman–Crippen MR) is 66.6 cm³/mol. The predicted octanol–water partition coefficient (Wildman–Crippen LogP) is 4.49. The maximum absolute atomic E-state index is 12.5. The average molecular weight is 246 g/mol. The molecule has 0 aromatic heterocycles. The Morgan fingerprint density at radius 3 is 2.38 bits per heavy atom. The van der Waals surface area contributed by atoms with Crippen LogP contribution in [0.1, 0.15) is 52.4 Å². The van der Waals surface area contributed by atoms with Crippen LogP contribution in [0, 0.1) is 0 Å². The Morgan fingerprint density at radius 2 is 1.75 bits per heavy atom. The molecule has 1 aliphatic carbocycles. The Labute approximate surface area is 98.7 Å². The molecule has 0 N–H and O–H groups in total. The third kappa shape index (κ3) is 4.04. The summed E-state index contributed by atoms with van der Waals surface area (Å²) in [6.45, 7) is 4.59. The van der Waals surface area contributed by atoms with E-state index in [1.54, 1.807) is 0 Å². The summed E-state index contributed by atoms with van der Waals surface area (Å²) < 4.78 is 23.3. The van der Waals surface area contributed by atoms with Gasteiger partial charge in [-0.25, -0.2) is 0 Å². The maximum atomic E-state index is 12.5. The molecule has 94 valence electrons. The lowest BCUT2D eigenvalue weighted by Crippen LogP contribution is -2.00. The van der Waals surface area contributed by atoms with Crippen LogP contribution in [0.2, 0.25) is 0 Å². The minimum Gasteiger partial charge on any atom is -0.306 e. The quantitative estimate of drug-likeness (QED) is 0.670. The zero-order valence-electron chi connectivity index (χ0n) is 10.4. The van der Waals surface area contributed by atoms with Gasteiger partial charge in [-0.1, -0.05) is 18.9 Å². The van der Waals surface area contributed by atoms with Gasteiger partial charge in [-0.05, 0) is 39.5 Å². The van der Waals surface area contributed by atoms with E-state index in [4.69, 9.17) is 9.05 Å². The van der Waals surface area contributed by atoms with Crippen LogP contribution in [0.25, 0.3) is 0 Å². The molecule has 0 aliphatic heterocycles. The average Bonchev–Trinajstić information content (AvgIpc) is 2.16. The summed E-state index contributed by atoms with van der Waals surface area (Å²) in [6, 6.07) is 0. The van der Waals surface area contributed by atoms with Crippen molar-refractivity contribution in [1.29, 1.82) is 0 Å². The molecule has 0 aromatic carbocycles. The van der Waals surface area contributed by atoms with E-state index in [2.05, 4.69) is 6.08 Å². The van der Waals surface area contributed by atoms with Crippen LogP contribution in [0.15, 0.2) is 11.4 Å². The van der Waals surface area contributed by atoms with Crippen LogP contribution < -0.4 is 0 Å². The molecule has 0 saturated carbocycles. The van der Waals surface area contributed by atoms with Crippen molar-refractivity contribution in [2.24, 2.45) is 0 Å². The summed E-state index contributed by atoms with van der Waals surface area (Å²) in [5.74, 6) is 0. The molecule has 3 nitrogen and oxygen atoms in total. The van der Waals surface area contributed by atoms with Gasteiger partial charge >= 0.3 is 7.60 Å². The van der Waals surface area contributed by atoms with E-state index < -0.39 is 7.60 Å². The van der Waals surface area contributed by atoms with Gasteiger partial charge in [0.05, 0.1) is 13.2 Å². The highest BCUT2D eigenvalue weighted by Crippen LogP contribution is 2.58. The molecular weight excluding hydrogens is 223 g/mol. The standard InChI is InChI=1S/C12H23O3P/c1-3-14-16(13,15-4-2)12-10-8-6-5-7-9-11-12/h10H,3-9,11H2,1-2H3/b12-10+. The van der Waals surface area contributed by atoms with Crippen molar-refractivity contribution in [1.82, 2.24) is 0 Å². The normalized spacial score (nSPS) is 22.0. The van der Waals surface area contributed by atoms with Gasteiger partial charge in [0.2, 0.25) is 0 Å². The second kappa shape index (κ2) is 7.26. The van der Waals surface area contributed by atoms with E-state index in [1.165, 1.54) is 19.3 Å². The van der Waals surface area contributed by atoms with E-state index in [-0.39, 0.29) is 0 Å². The van der Waals surface area contributed by atoms with Crippen molar-refractivity contribution in [2.45, 2.75) is 52.4 Å². The van der Waals surface area contributed by atoms with E-state index >= 15 is 0 Å². The molecule has 0 bridgehead atoms. The first-order chi connectivity index (χ1) is 7.73. The van der Waals surface area contributed by atoms with Crippen LogP contribution in [-0.4, -0.2) is 13.2 Å². The Bertz CT molecular complexity index is 263. The number of allylic oxidation sites excluding steroid dienone is 2. The van der Waals surface area contributed by atoms with Gasteiger partial charge in [-0.3, -0.25) is 4.57 Å². The van der Waals surface area contributed by atoms with E-state index in [0.29, 0.717) is 13.2 Å². The molecular formula is C12H23O3P. The monoisotopic (exact) mass is 246 g/mol. The van der Waals surface area contributed by atoms with Crippen LogP contribution >= 0.6 is 7.60 Å². The smallest absolute Gasteiger partial charge is 0.306 e. The zero-order valence-corrected chi connectivity index (χ0v) is 11.3. The highest BCUT2D eigenvalue weighted by Gasteiger charge is 2.28. The lowest BCUT2D eigenvalue weighted by molar-refractivity contribution is 0.225. The first-order valence-electron chi connectivity index (χ1n) is 6.31. The van der Waals surface area contributed by atoms with Gasteiger partial charge in [-0.15, -0.1) is 0 Å². The topological polar surface area (TPSA) is 35.5 Å². The molecule has 4 heteroatoms. The molecule has 1 rings (SSSR count). The van der Waals surface area contributed by atoms with Crippen LogP contribution in [0.3, 0.4) is 0 Å². The second-order valence-electron chi connectivity index (χ2n) is 3.98. The Hall–Kier alpha value is -0.110. The molecule has 1 aliphatic rings. The fraction of sp³-hybridized carbons (Fsp3) is 0.833. The Morgan fingerprint density at radius 1 is 1.12 bits per heavy atom. The molecule has 0 radical (unpaired) electrons. The van der Waals surface area contributed by atoms with Crippen molar-refractivity contribution >= 4 is 7.60 Å². The number of hydrogen-bond donors (Lipinski definition) is 0. The van der Waals surface area contributed by atoms with Crippen molar-refractivity contribution < 1.29 is 13.6 Å². The highest BCUT2D eigenvalue weighted by molar-refractivity contribution is 7.58. The first kappa shape index (κ1) is 14.0. The second-order valence-corrected chi connectivity index (χ2v) is 6.07. The summed E-state index contributed by atoms with van der Waals surface area (Å²) >= 11 is 0. The minimum atomic E-state index is -2.98. The van der Waals surface area contributed by atoms with Gasteiger partial charge in [-0.2, -0.15) is 0 Å². The van der Waals surface area contributed by atoms with Crippen molar-refractivity contribution in [3.05, 3.63) is 11.4 Å². The lowest BCUT2D eigenvalue weighted by atomic mass is 10.1. The van der Waals surface area contributed by atoms with Gasteiger partial charge in [0.25, 0.3) is 0 Å². The van der Waals surface area contributed by atoms with Gasteiger partial charge < -0.3 is 9.05 Å². The molecule has 0 saturated heterocycles. The van der Waals surface area contributed by atoms with Crippen LogP contribution in [0.4, 0.5) is 0 Å².